The smallest absolute Gasteiger partial charge is 0.334 e. The number of Topliss-reactive ketones (excluding diaryl/α,β-unsaturated/α-hetero) is 3. The molecule has 0 radical (unpaired) electrons. The quantitative estimate of drug-likeness (QED) is 0.172. The number of thiol groups is 2. The highest BCUT2D eigenvalue weighted by Crippen LogP contribution is 2.18. The molecule has 0 aliphatic carbocycles. The number of carbonyl (C=O) groups excluding carboxylic acids is 5. The third-order valence-electron chi connectivity index (χ3n) is 4.57. The number of rotatable bonds is 10. The third kappa shape index (κ3) is 6.13. The molecule has 4 atom stereocenters. The average Bonchev–Trinajstić information content (AvgIpc) is 2.82. The van der Waals surface area contributed by atoms with Crippen molar-refractivity contribution in [3.05, 3.63) is 71.8 Å². The van der Waals surface area contributed by atoms with Crippen molar-refractivity contribution in [1.29, 1.82) is 0 Å². The van der Waals surface area contributed by atoms with Crippen molar-refractivity contribution in [1.82, 2.24) is 0 Å². The predicted octanol–water partition coefficient (Wildman–Crippen LogP) is 0.890. The predicted molar refractivity (Wildman–Crippen MR) is 124 cm³/mol. The van der Waals surface area contributed by atoms with E-state index in [0.717, 1.165) is 0 Å². The van der Waals surface area contributed by atoms with Crippen LogP contribution in [0.5, 0.6) is 0 Å². The fourth-order valence-corrected chi connectivity index (χ4v) is 3.29. The Morgan fingerprint density at radius 1 is 0.750 bits per heavy atom. The number of ketones is 3. The molecule has 0 heterocycles. The summed E-state index contributed by atoms with van der Waals surface area (Å²) in [5.41, 5.74) is 11.7. The molecule has 0 fully saturated rings. The Labute approximate surface area is 195 Å². The van der Waals surface area contributed by atoms with Crippen LogP contribution in [-0.4, -0.2) is 52.4 Å². The molecule has 0 saturated heterocycles. The zero-order valence-corrected chi connectivity index (χ0v) is 18.6. The van der Waals surface area contributed by atoms with E-state index in [4.69, 9.17) is 16.2 Å². The second kappa shape index (κ2) is 11.7. The molecule has 32 heavy (non-hydrogen) atoms. The van der Waals surface area contributed by atoms with Crippen molar-refractivity contribution in [2.45, 2.75) is 16.5 Å². The van der Waals surface area contributed by atoms with Crippen molar-refractivity contribution < 1.29 is 28.7 Å². The number of esters is 2. The van der Waals surface area contributed by atoms with E-state index >= 15 is 0 Å². The first-order valence-electron chi connectivity index (χ1n) is 9.48. The summed E-state index contributed by atoms with van der Waals surface area (Å²) in [6, 6.07) is 14.4. The topological polar surface area (TPSA) is 147 Å². The van der Waals surface area contributed by atoms with E-state index in [2.05, 4.69) is 25.3 Å². The largest absolute Gasteiger partial charge is 0.391 e. The van der Waals surface area contributed by atoms with E-state index in [9.17, 15) is 24.0 Å². The van der Waals surface area contributed by atoms with Crippen LogP contribution in [0.1, 0.15) is 20.7 Å². The summed E-state index contributed by atoms with van der Waals surface area (Å²) in [5.74, 6) is -6.67. The SMILES string of the molecule is NCC(N)C(C(=O)OC(=O)C(S)C(=O)c1ccccc1)C(=O)C(S)C(=O)c1ccccc1. The molecule has 10 heteroatoms. The molecule has 2 aromatic rings. The highest BCUT2D eigenvalue weighted by atomic mass is 32.1. The first kappa shape index (κ1) is 25.5. The van der Waals surface area contributed by atoms with Crippen LogP contribution in [-0.2, 0) is 19.1 Å². The van der Waals surface area contributed by atoms with Crippen LogP contribution in [0.25, 0.3) is 0 Å². The van der Waals surface area contributed by atoms with Gasteiger partial charge in [-0.2, -0.15) is 25.3 Å². The normalized spacial score (nSPS) is 14.5. The molecule has 4 unspecified atom stereocenters. The van der Waals surface area contributed by atoms with Gasteiger partial charge in [0.05, 0.1) is 0 Å². The van der Waals surface area contributed by atoms with Crippen molar-refractivity contribution in [2.75, 3.05) is 6.54 Å². The Hall–Kier alpha value is -2.79. The minimum absolute atomic E-state index is 0.187. The van der Waals surface area contributed by atoms with E-state index in [1.807, 2.05) is 0 Å². The van der Waals surface area contributed by atoms with Gasteiger partial charge in [-0.25, -0.2) is 4.79 Å². The van der Waals surface area contributed by atoms with Gasteiger partial charge < -0.3 is 16.2 Å². The minimum Gasteiger partial charge on any atom is -0.391 e. The molecule has 0 aliphatic heterocycles. The molecule has 0 saturated carbocycles. The van der Waals surface area contributed by atoms with Crippen LogP contribution in [0, 0.1) is 5.92 Å². The lowest BCUT2D eigenvalue weighted by Crippen LogP contribution is -2.50. The lowest BCUT2D eigenvalue weighted by atomic mass is 9.90. The van der Waals surface area contributed by atoms with Crippen LogP contribution in [0.15, 0.2) is 60.7 Å². The maximum absolute atomic E-state index is 12.9. The lowest BCUT2D eigenvalue weighted by Gasteiger charge is -2.22. The fraction of sp³-hybridized carbons (Fsp3) is 0.227. The van der Waals surface area contributed by atoms with Crippen LogP contribution in [0.3, 0.4) is 0 Å². The van der Waals surface area contributed by atoms with E-state index in [0.29, 0.717) is 0 Å². The second-order valence-corrected chi connectivity index (χ2v) is 7.82. The minimum atomic E-state index is -1.74. The fourth-order valence-electron chi connectivity index (χ4n) is 2.78. The summed E-state index contributed by atoms with van der Waals surface area (Å²) >= 11 is 7.99. The summed E-state index contributed by atoms with van der Waals surface area (Å²) in [5, 5.41) is -3.15. The van der Waals surface area contributed by atoms with Crippen LogP contribution in [0.4, 0.5) is 0 Å². The Balaban J connectivity index is 2.16. The number of nitrogens with two attached hydrogens (primary N) is 2. The Morgan fingerprint density at radius 3 is 1.62 bits per heavy atom. The molecule has 8 nitrogen and oxygen atoms in total. The number of ether oxygens (including phenoxy) is 1. The summed E-state index contributed by atoms with van der Waals surface area (Å²) in [7, 11) is 0. The van der Waals surface area contributed by atoms with Gasteiger partial charge in [0.15, 0.2) is 22.6 Å². The zero-order chi connectivity index (χ0) is 23.8. The van der Waals surface area contributed by atoms with Crippen molar-refractivity contribution in [3.8, 4) is 0 Å². The number of carbonyl (C=O) groups is 5. The van der Waals surface area contributed by atoms with Gasteiger partial charge in [-0.05, 0) is 0 Å². The molecule has 2 rings (SSSR count). The first-order valence-corrected chi connectivity index (χ1v) is 10.5. The molecule has 0 aliphatic rings. The van der Waals surface area contributed by atoms with Gasteiger partial charge in [0.2, 0.25) is 0 Å². The second-order valence-electron chi connectivity index (χ2n) is 6.79. The monoisotopic (exact) mass is 474 g/mol. The summed E-state index contributed by atoms with van der Waals surface area (Å²) in [6.45, 7) is -0.313. The van der Waals surface area contributed by atoms with E-state index in [-0.39, 0.29) is 17.7 Å². The van der Waals surface area contributed by atoms with Gasteiger partial charge in [-0.3, -0.25) is 19.2 Å². The van der Waals surface area contributed by atoms with Gasteiger partial charge in [-0.15, -0.1) is 0 Å². The van der Waals surface area contributed by atoms with Crippen LogP contribution in [0.2, 0.25) is 0 Å². The van der Waals surface area contributed by atoms with Gasteiger partial charge >= 0.3 is 11.9 Å². The van der Waals surface area contributed by atoms with Crippen LogP contribution < -0.4 is 11.5 Å². The molecule has 0 bridgehead atoms. The molecule has 0 amide bonds. The van der Waals surface area contributed by atoms with E-state index in [1.165, 1.54) is 24.3 Å². The molecule has 0 spiro atoms. The Bertz CT molecular complexity index is 1000. The molecule has 0 aromatic heterocycles. The highest BCUT2D eigenvalue weighted by molar-refractivity contribution is 7.83. The first-order chi connectivity index (χ1) is 15.2. The third-order valence-corrected chi connectivity index (χ3v) is 5.50. The van der Waals surface area contributed by atoms with Gasteiger partial charge in [-0.1, -0.05) is 60.7 Å². The van der Waals surface area contributed by atoms with E-state index in [1.54, 1.807) is 36.4 Å². The van der Waals surface area contributed by atoms with Crippen molar-refractivity contribution >= 4 is 54.5 Å². The molecular weight excluding hydrogens is 452 g/mol. The van der Waals surface area contributed by atoms with Crippen molar-refractivity contribution in [2.24, 2.45) is 17.4 Å². The maximum atomic E-state index is 12.9. The van der Waals surface area contributed by atoms with Crippen LogP contribution >= 0.6 is 25.3 Å². The van der Waals surface area contributed by atoms with E-state index < -0.39 is 51.7 Å². The molecule has 168 valence electrons. The Morgan fingerprint density at radius 2 is 1.19 bits per heavy atom. The van der Waals surface area contributed by atoms with Gasteiger partial charge in [0.1, 0.15) is 11.2 Å². The maximum Gasteiger partial charge on any atom is 0.334 e. The molecule has 2 aromatic carbocycles. The summed E-state index contributed by atoms with van der Waals surface area (Å²) in [4.78, 5) is 62.7. The zero-order valence-electron chi connectivity index (χ0n) is 16.8. The van der Waals surface area contributed by atoms with Gasteiger partial charge in [0.25, 0.3) is 0 Å². The number of hydrogen-bond donors (Lipinski definition) is 4. The summed E-state index contributed by atoms with van der Waals surface area (Å²) in [6.07, 6.45) is 0. The average molecular weight is 475 g/mol. The highest BCUT2D eigenvalue weighted by Gasteiger charge is 2.41. The standard InChI is InChI=1S/C22H22N2O6S2/c23-11-14(24)15(18(27)19(31)16(25)12-7-3-1-4-8-12)21(28)30-22(29)20(32)17(26)13-9-5-2-6-10-13/h1-10,14-15,19-20,31-32H,11,23-24H2. The van der Waals surface area contributed by atoms with Crippen molar-refractivity contribution in [3.63, 3.8) is 0 Å². The lowest BCUT2D eigenvalue weighted by molar-refractivity contribution is -0.163. The molecule has 4 N–H and O–H groups in total. The Kier molecular flexibility index (Phi) is 9.33. The summed E-state index contributed by atoms with van der Waals surface area (Å²) < 4.78 is 4.72. The molecular formula is C22H22N2O6S2. The number of benzene rings is 2. The van der Waals surface area contributed by atoms with Gasteiger partial charge in [0, 0.05) is 23.7 Å². The number of hydrogen-bond acceptors (Lipinski definition) is 10.